The molecule has 1 heterocycles. The molecule has 1 atom stereocenters. The topological polar surface area (TPSA) is 55.0 Å². The third-order valence-corrected chi connectivity index (χ3v) is 4.57. The van der Waals surface area contributed by atoms with Crippen molar-refractivity contribution in [1.29, 1.82) is 0 Å². The van der Waals surface area contributed by atoms with Gasteiger partial charge in [0.1, 0.15) is 5.82 Å². The van der Waals surface area contributed by atoms with E-state index in [2.05, 4.69) is 9.97 Å². The van der Waals surface area contributed by atoms with E-state index in [4.69, 9.17) is 5.73 Å². The van der Waals surface area contributed by atoms with Gasteiger partial charge in [0, 0.05) is 12.7 Å². The van der Waals surface area contributed by atoms with E-state index >= 15 is 0 Å². The number of alkyl halides is 3. The summed E-state index contributed by atoms with van der Waals surface area (Å²) in [6.07, 6.45) is -2.37. The molecule has 28 heavy (non-hydrogen) atoms. The molecule has 0 spiro atoms. The fourth-order valence-corrected chi connectivity index (χ4v) is 3.03. The van der Waals surface area contributed by atoms with Gasteiger partial charge < -0.3 is 10.6 Å². The third kappa shape index (κ3) is 4.79. The molecule has 2 N–H and O–H groups in total. The molecule has 0 aliphatic rings. The van der Waals surface area contributed by atoms with Crippen LogP contribution < -0.4 is 10.6 Å². The summed E-state index contributed by atoms with van der Waals surface area (Å²) < 4.78 is 38.9. The van der Waals surface area contributed by atoms with Crippen LogP contribution in [0.4, 0.5) is 24.9 Å². The zero-order valence-electron chi connectivity index (χ0n) is 15.4. The molecular weight excluding hydrogens is 365 g/mol. The number of aromatic nitrogens is 2. The molecule has 1 aromatic heterocycles. The predicted octanol–water partition coefficient (Wildman–Crippen LogP) is 4.89. The van der Waals surface area contributed by atoms with Gasteiger partial charge in [-0.2, -0.15) is 18.2 Å². The van der Waals surface area contributed by atoms with Gasteiger partial charge in [0.05, 0.1) is 11.6 Å². The Morgan fingerprint density at radius 3 is 2.46 bits per heavy atom. The van der Waals surface area contributed by atoms with Crippen molar-refractivity contribution in [3.05, 3.63) is 83.6 Å². The highest BCUT2D eigenvalue weighted by Crippen LogP contribution is 2.30. The summed E-state index contributed by atoms with van der Waals surface area (Å²) in [5.41, 5.74) is 6.82. The van der Waals surface area contributed by atoms with Crippen molar-refractivity contribution < 1.29 is 13.2 Å². The summed E-state index contributed by atoms with van der Waals surface area (Å²) >= 11 is 0. The number of nitrogens with two attached hydrogens (primary N) is 1. The third-order valence-electron chi connectivity index (χ3n) is 4.57. The molecule has 0 aliphatic carbocycles. The summed E-state index contributed by atoms with van der Waals surface area (Å²) in [6, 6.07) is 16.7. The molecule has 0 radical (unpaired) electrons. The van der Waals surface area contributed by atoms with Crippen LogP contribution in [-0.4, -0.2) is 16.5 Å². The molecule has 0 amide bonds. The van der Waals surface area contributed by atoms with Gasteiger partial charge in [-0.05, 0) is 36.6 Å². The van der Waals surface area contributed by atoms with Crippen LogP contribution in [0.1, 0.15) is 29.7 Å². The largest absolute Gasteiger partial charge is 0.416 e. The maximum absolute atomic E-state index is 13.0. The first-order valence-electron chi connectivity index (χ1n) is 8.91. The van der Waals surface area contributed by atoms with Gasteiger partial charge in [-0.25, -0.2) is 4.98 Å². The van der Waals surface area contributed by atoms with E-state index in [-0.39, 0.29) is 6.04 Å². The van der Waals surface area contributed by atoms with Gasteiger partial charge in [0.15, 0.2) is 0 Å². The zero-order chi connectivity index (χ0) is 20.1. The Balaban J connectivity index is 1.86. The van der Waals surface area contributed by atoms with Gasteiger partial charge in [-0.1, -0.05) is 48.5 Å². The lowest BCUT2D eigenvalue weighted by Gasteiger charge is -2.30. The Morgan fingerprint density at radius 2 is 1.79 bits per heavy atom. The molecule has 146 valence electrons. The Bertz CT molecular complexity index is 913. The molecule has 0 fully saturated rings. The number of anilines is 2. The van der Waals surface area contributed by atoms with E-state index < -0.39 is 11.7 Å². The van der Waals surface area contributed by atoms with Crippen LogP contribution in [0.25, 0.3) is 0 Å². The van der Waals surface area contributed by atoms with E-state index in [0.717, 1.165) is 11.6 Å². The van der Waals surface area contributed by atoms with Crippen molar-refractivity contribution in [3.63, 3.8) is 0 Å². The molecular formula is C21H21F3N4. The number of hydrogen-bond donors (Lipinski definition) is 1. The van der Waals surface area contributed by atoms with Crippen LogP contribution in [0.3, 0.4) is 0 Å². The summed E-state index contributed by atoms with van der Waals surface area (Å²) in [5.74, 6) is 0.789. The van der Waals surface area contributed by atoms with Crippen LogP contribution in [-0.2, 0) is 12.6 Å². The van der Waals surface area contributed by atoms with Crippen molar-refractivity contribution >= 4 is 11.8 Å². The average Bonchev–Trinajstić information content (AvgIpc) is 2.68. The van der Waals surface area contributed by atoms with Crippen molar-refractivity contribution in [1.82, 2.24) is 9.97 Å². The van der Waals surface area contributed by atoms with Gasteiger partial charge in [0.2, 0.25) is 5.95 Å². The Morgan fingerprint density at radius 1 is 1.04 bits per heavy atom. The quantitative estimate of drug-likeness (QED) is 0.656. The second-order valence-corrected chi connectivity index (χ2v) is 6.51. The number of nitrogen functional groups attached to an aromatic ring is 1. The van der Waals surface area contributed by atoms with E-state index in [1.165, 1.54) is 12.1 Å². The van der Waals surface area contributed by atoms with Gasteiger partial charge in [0.25, 0.3) is 0 Å². The Kier molecular flexibility index (Phi) is 5.82. The second kappa shape index (κ2) is 8.29. The van der Waals surface area contributed by atoms with Crippen LogP contribution in [0, 0.1) is 0 Å². The molecule has 3 aromatic rings. The van der Waals surface area contributed by atoms with Crippen LogP contribution in [0.5, 0.6) is 0 Å². The molecule has 2 aromatic carbocycles. The molecule has 0 bridgehead atoms. The summed E-state index contributed by atoms with van der Waals surface area (Å²) in [4.78, 5) is 10.6. The minimum absolute atomic E-state index is 0.0752. The van der Waals surface area contributed by atoms with Crippen LogP contribution in [0.2, 0.25) is 0 Å². The average molecular weight is 386 g/mol. The molecule has 0 saturated carbocycles. The number of rotatable bonds is 6. The first kappa shape index (κ1) is 19.7. The summed E-state index contributed by atoms with van der Waals surface area (Å²) in [7, 11) is 0. The van der Waals surface area contributed by atoms with Crippen molar-refractivity contribution in [3.8, 4) is 0 Å². The standard InChI is InChI=1S/C21H21F3N4/c1-15(17-7-3-2-4-8-17)28(20-26-12-10-19(25)27-20)13-11-16-6-5-9-18(14-16)21(22,23)24/h2-10,12,14-15H,11,13H2,1H3,(H2,25,26,27). The van der Waals surface area contributed by atoms with Crippen LogP contribution in [0.15, 0.2) is 66.9 Å². The second-order valence-electron chi connectivity index (χ2n) is 6.51. The summed E-state index contributed by atoms with van der Waals surface area (Å²) in [6.45, 7) is 2.45. The molecule has 0 aliphatic heterocycles. The SMILES string of the molecule is CC(c1ccccc1)N(CCc1cccc(C(F)(F)F)c1)c1nccc(N)n1. The van der Waals surface area contributed by atoms with Gasteiger partial charge in [-0.15, -0.1) is 0 Å². The zero-order valence-corrected chi connectivity index (χ0v) is 15.4. The molecule has 3 rings (SSSR count). The molecule has 7 heteroatoms. The van der Waals surface area contributed by atoms with Crippen LogP contribution >= 0.6 is 0 Å². The predicted molar refractivity (Wildman–Crippen MR) is 104 cm³/mol. The number of hydrogen-bond acceptors (Lipinski definition) is 4. The Labute approximate surface area is 161 Å². The van der Waals surface area contributed by atoms with E-state index in [1.54, 1.807) is 18.3 Å². The van der Waals surface area contributed by atoms with E-state index in [9.17, 15) is 13.2 Å². The highest BCUT2D eigenvalue weighted by Gasteiger charge is 2.30. The van der Waals surface area contributed by atoms with Gasteiger partial charge >= 0.3 is 6.18 Å². The lowest BCUT2D eigenvalue weighted by atomic mass is 10.0. The lowest BCUT2D eigenvalue weighted by Crippen LogP contribution is -2.31. The minimum atomic E-state index is -4.36. The maximum Gasteiger partial charge on any atom is 0.416 e. The first-order chi connectivity index (χ1) is 13.3. The highest BCUT2D eigenvalue weighted by atomic mass is 19.4. The minimum Gasteiger partial charge on any atom is -0.384 e. The summed E-state index contributed by atoms with van der Waals surface area (Å²) in [5, 5.41) is 0. The number of benzene rings is 2. The van der Waals surface area contributed by atoms with Crippen molar-refractivity contribution in [2.75, 3.05) is 17.2 Å². The first-order valence-corrected chi connectivity index (χ1v) is 8.91. The number of nitrogens with zero attached hydrogens (tertiary/aromatic N) is 3. The monoisotopic (exact) mass is 386 g/mol. The highest BCUT2D eigenvalue weighted by molar-refractivity contribution is 5.41. The molecule has 0 saturated heterocycles. The van der Waals surface area contributed by atoms with Crippen molar-refractivity contribution in [2.24, 2.45) is 0 Å². The van der Waals surface area contributed by atoms with Crippen molar-refractivity contribution in [2.45, 2.75) is 25.6 Å². The Hall–Kier alpha value is -3.09. The maximum atomic E-state index is 13.0. The fourth-order valence-electron chi connectivity index (χ4n) is 3.03. The normalized spacial score (nSPS) is 12.6. The van der Waals surface area contributed by atoms with E-state index in [1.807, 2.05) is 42.2 Å². The lowest BCUT2D eigenvalue weighted by molar-refractivity contribution is -0.137. The fraction of sp³-hybridized carbons (Fsp3) is 0.238. The van der Waals surface area contributed by atoms with Gasteiger partial charge in [-0.3, -0.25) is 0 Å². The van der Waals surface area contributed by atoms with E-state index in [0.29, 0.717) is 30.3 Å². The molecule has 1 unspecified atom stereocenters. The number of halogens is 3. The smallest absolute Gasteiger partial charge is 0.384 e. The molecule has 4 nitrogen and oxygen atoms in total.